The van der Waals surface area contributed by atoms with Crippen LogP contribution in [0.4, 0.5) is 11.7 Å². The van der Waals surface area contributed by atoms with E-state index in [9.17, 15) is 10.1 Å². The van der Waals surface area contributed by atoms with E-state index in [0.29, 0.717) is 17.1 Å². The highest BCUT2D eigenvalue weighted by atomic mass is 32.1. The van der Waals surface area contributed by atoms with Gasteiger partial charge in [-0.15, -0.1) is 11.3 Å². The number of hydrogen-bond acceptors (Lipinski definition) is 7. The first kappa shape index (κ1) is 13.5. The minimum absolute atomic E-state index is 0.00745. The van der Waals surface area contributed by atoms with E-state index in [4.69, 9.17) is 4.42 Å². The average molecular weight is 304 g/mol. The third-order valence-corrected chi connectivity index (χ3v) is 3.93. The van der Waals surface area contributed by atoms with Crippen LogP contribution in [0.2, 0.25) is 0 Å². The van der Waals surface area contributed by atoms with Gasteiger partial charge in [0.15, 0.2) is 5.58 Å². The lowest BCUT2D eigenvalue weighted by Crippen LogP contribution is -2.09. The number of nitrogens with zero attached hydrogens (tertiary/aromatic N) is 3. The Morgan fingerprint density at radius 3 is 3.05 bits per heavy atom. The smallest absolute Gasteiger partial charge is 0.296 e. The maximum Gasteiger partial charge on any atom is 0.296 e. The third kappa shape index (κ3) is 2.70. The summed E-state index contributed by atoms with van der Waals surface area (Å²) in [4.78, 5) is 18.9. The molecule has 0 spiro atoms. The second-order valence-corrected chi connectivity index (χ2v) is 5.33. The average Bonchev–Trinajstić information content (AvgIpc) is 3.12. The molecule has 1 N–H and O–H groups in total. The first-order valence-electron chi connectivity index (χ1n) is 6.38. The molecule has 0 aliphatic heterocycles. The number of rotatable bonds is 5. The van der Waals surface area contributed by atoms with Crippen LogP contribution in [0.15, 0.2) is 34.2 Å². The fourth-order valence-corrected chi connectivity index (χ4v) is 2.76. The summed E-state index contributed by atoms with van der Waals surface area (Å²) >= 11 is 1.56. The van der Waals surface area contributed by atoms with Crippen molar-refractivity contribution in [3.63, 3.8) is 0 Å². The predicted octanol–water partition coefficient (Wildman–Crippen LogP) is 3.76. The standard InChI is InChI=1S/C13H12N4O3S/c1-2-9(12-14-5-6-21-12)15-13-16-10-4-3-8(17(18)19)7-11(10)20-13/h3-7,9H,2H2,1H3,(H,15,16). The highest BCUT2D eigenvalue weighted by Gasteiger charge is 2.16. The molecule has 1 unspecified atom stereocenters. The summed E-state index contributed by atoms with van der Waals surface area (Å²) in [6.45, 7) is 2.03. The van der Waals surface area contributed by atoms with Gasteiger partial charge in [0.1, 0.15) is 10.5 Å². The lowest BCUT2D eigenvalue weighted by Gasteiger charge is -2.11. The van der Waals surface area contributed by atoms with E-state index in [1.54, 1.807) is 23.6 Å². The van der Waals surface area contributed by atoms with Crippen LogP contribution in [0.5, 0.6) is 0 Å². The Morgan fingerprint density at radius 2 is 2.38 bits per heavy atom. The van der Waals surface area contributed by atoms with Gasteiger partial charge in [-0.05, 0) is 12.5 Å². The van der Waals surface area contributed by atoms with Gasteiger partial charge in [0.25, 0.3) is 11.7 Å². The Labute approximate surface area is 123 Å². The van der Waals surface area contributed by atoms with Gasteiger partial charge in [0.2, 0.25) is 0 Å². The van der Waals surface area contributed by atoms with Crippen LogP contribution in [0.25, 0.3) is 11.1 Å². The quantitative estimate of drug-likeness (QED) is 0.569. The molecule has 0 saturated heterocycles. The maximum absolute atomic E-state index is 10.8. The molecular weight excluding hydrogens is 292 g/mol. The van der Waals surface area contributed by atoms with Crippen molar-refractivity contribution in [2.45, 2.75) is 19.4 Å². The lowest BCUT2D eigenvalue weighted by molar-refractivity contribution is -0.384. The predicted molar refractivity (Wildman–Crippen MR) is 79.4 cm³/mol. The normalized spacial score (nSPS) is 12.4. The van der Waals surface area contributed by atoms with E-state index >= 15 is 0 Å². The van der Waals surface area contributed by atoms with Crippen LogP contribution >= 0.6 is 11.3 Å². The molecule has 0 fully saturated rings. The molecule has 108 valence electrons. The van der Waals surface area contributed by atoms with Crippen LogP contribution < -0.4 is 5.32 Å². The molecule has 2 aromatic heterocycles. The minimum atomic E-state index is -0.459. The summed E-state index contributed by atoms with van der Waals surface area (Å²) in [7, 11) is 0. The molecule has 3 aromatic rings. The number of nitro groups is 1. The second kappa shape index (κ2) is 5.49. The second-order valence-electron chi connectivity index (χ2n) is 4.40. The van der Waals surface area contributed by atoms with Gasteiger partial charge in [-0.3, -0.25) is 10.1 Å². The number of benzene rings is 1. The van der Waals surface area contributed by atoms with Crippen molar-refractivity contribution in [3.8, 4) is 0 Å². The Bertz CT molecular complexity index is 769. The molecule has 7 nitrogen and oxygen atoms in total. The summed E-state index contributed by atoms with van der Waals surface area (Å²) in [5.74, 6) is 0. The number of fused-ring (bicyclic) bond motifs is 1. The van der Waals surface area contributed by atoms with Gasteiger partial charge < -0.3 is 9.73 Å². The number of nitro benzene ring substituents is 1. The number of oxazole rings is 1. The topological polar surface area (TPSA) is 94.1 Å². The summed E-state index contributed by atoms with van der Waals surface area (Å²) < 4.78 is 5.54. The first-order valence-corrected chi connectivity index (χ1v) is 7.26. The van der Waals surface area contributed by atoms with Gasteiger partial charge in [-0.1, -0.05) is 6.92 Å². The van der Waals surface area contributed by atoms with E-state index in [1.807, 2.05) is 12.3 Å². The number of hydrogen-bond donors (Lipinski definition) is 1. The van der Waals surface area contributed by atoms with Crippen molar-refractivity contribution in [2.24, 2.45) is 0 Å². The van der Waals surface area contributed by atoms with E-state index in [2.05, 4.69) is 15.3 Å². The SMILES string of the molecule is CCC(Nc1nc2ccc([N+](=O)[O-])cc2o1)c1nccs1. The van der Waals surface area contributed by atoms with Crippen molar-refractivity contribution in [1.29, 1.82) is 0 Å². The molecule has 0 radical (unpaired) electrons. The molecule has 0 saturated carbocycles. The van der Waals surface area contributed by atoms with Crippen LogP contribution in [-0.2, 0) is 0 Å². The summed E-state index contributed by atoms with van der Waals surface area (Å²) in [5.41, 5.74) is 0.954. The highest BCUT2D eigenvalue weighted by Crippen LogP contribution is 2.27. The van der Waals surface area contributed by atoms with Crippen molar-refractivity contribution >= 4 is 34.1 Å². The molecule has 0 aliphatic rings. The molecule has 0 bridgehead atoms. The molecule has 1 atom stereocenters. The molecule has 8 heteroatoms. The fraction of sp³-hybridized carbons (Fsp3) is 0.231. The Kier molecular flexibility index (Phi) is 3.53. The van der Waals surface area contributed by atoms with E-state index in [-0.39, 0.29) is 11.7 Å². The van der Waals surface area contributed by atoms with Crippen LogP contribution in [0, 0.1) is 10.1 Å². The van der Waals surface area contributed by atoms with E-state index < -0.39 is 4.92 Å². The Hall–Kier alpha value is -2.48. The van der Waals surface area contributed by atoms with Crippen LogP contribution in [0.3, 0.4) is 0 Å². The maximum atomic E-state index is 10.8. The van der Waals surface area contributed by atoms with E-state index in [1.165, 1.54) is 12.1 Å². The van der Waals surface area contributed by atoms with Gasteiger partial charge in [0, 0.05) is 17.6 Å². The minimum Gasteiger partial charge on any atom is -0.423 e. The summed E-state index contributed by atoms with van der Waals surface area (Å²) in [6.07, 6.45) is 2.58. The largest absolute Gasteiger partial charge is 0.423 e. The molecule has 0 aliphatic carbocycles. The van der Waals surface area contributed by atoms with Gasteiger partial charge in [-0.25, -0.2) is 4.98 Å². The van der Waals surface area contributed by atoms with Crippen molar-refractivity contribution in [1.82, 2.24) is 9.97 Å². The Morgan fingerprint density at radius 1 is 1.52 bits per heavy atom. The zero-order chi connectivity index (χ0) is 14.8. The van der Waals surface area contributed by atoms with Gasteiger partial charge in [-0.2, -0.15) is 4.98 Å². The first-order chi connectivity index (χ1) is 10.2. The van der Waals surface area contributed by atoms with Crippen molar-refractivity contribution in [3.05, 3.63) is 44.9 Å². The molecular formula is C13H12N4O3S. The molecule has 0 amide bonds. The Balaban J connectivity index is 1.88. The van der Waals surface area contributed by atoms with Gasteiger partial charge >= 0.3 is 0 Å². The number of aromatic nitrogens is 2. The number of non-ortho nitro benzene ring substituents is 1. The molecule has 1 aromatic carbocycles. The lowest BCUT2D eigenvalue weighted by atomic mass is 10.2. The zero-order valence-electron chi connectivity index (χ0n) is 11.1. The zero-order valence-corrected chi connectivity index (χ0v) is 12.0. The van der Waals surface area contributed by atoms with Crippen molar-refractivity contribution < 1.29 is 9.34 Å². The highest BCUT2D eigenvalue weighted by molar-refractivity contribution is 7.09. The summed E-state index contributed by atoms with van der Waals surface area (Å²) in [5, 5.41) is 16.8. The fourth-order valence-electron chi connectivity index (χ4n) is 1.98. The molecule has 3 rings (SSSR count). The van der Waals surface area contributed by atoms with Crippen LogP contribution in [0.1, 0.15) is 24.4 Å². The van der Waals surface area contributed by atoms with Crippen molar-refractivity contribution in [2.75, 3.05) is 5.32 Å². The molecule has 2 heterocycles. The summed E-state index contributed by atoms with van der Waals surface area (Å²) in [6, 6.07) is 4.71. The molecule has 21 heavy (non-hydrogen) atoms. The van der Waals surface area contributed by atoms with Crippen LogP contribution in [-0.4, -0.2) is 14.9 Å². The third-order valence-electron chi connectivity index (χ3n) is 3.04. The number of nitrogens with one attached hydrogen (secondary N) is 1. The van der Waals surface area contributed by atoms with E-state index in [0.717, 1.165) is 11.4 Å². The monoisotopic (exact) mass is 304 g/mol. The van der Waals surface area contributed by atoms with Gasteiger partial charge in [0.05, 0.1) is 17.0 Å². The number of anilines is 1. The number of thiazole rings is 1.